The Morgan fingerprint density at radius 2 is 0.840 bits per heavy atom. The fourth-order valence-electron chi connectivity index (χ4n) is 13.9. The van der Waals surface area contributed by atoms with Crippen LogP contribution >= 0.6 is 47.2 Å². The molecule has 15 nitrogen and oxygen atoms in total. The van der Waals surface area contributed by atoms with Gasteiger partial charge in [0.05, 0.1) is 22.4 Å². The molecule has 4 saturated heterocycles. The van der Waals surface area contributed by atoms with Crippen LogP contribution in [0.5, 0.6) is 0 Å². The van der Waals surface area contributed by atoms with Crippen molar-refractivity contribution in [2.45, 2.75) is 254 Å². The Bertz CT molecular complexity index is 3570. The number of hydrogen-bond donors (Lipinski definition) is 3. The minimum Gasteiger partial charge on any atom is -0.478 e. The molecular weight excluding hydrogens is 1580 g/mol. The van der Waals surface area contributed by atoms with Crippen molar-refractivity contribution in [3.8, 4) is 0 Å². The van der Waals surface area contributed by atoms with Gasteiger partial charge < -0.3 is 30.2 Å². The van der Waals surface area contributed by atoms with E-state index in [1.165, 1.54) is 168 Å². The topological polar surface area (TPSA) is 199 Å². The van der Waals surface area contributed by atoms with Crippen molar-refractivity contribution >= 4 is 120 Å². The van der Waals surface area contributed by atoms with E-state index in [4.69, 9.17) is 34.8 Å². The second-order valence-electron chi connectivity index (χ2n) is 32.0. The van der Waals surface area contributed by atoms with Crippen LogP contribution in [0.2, 0.25) is 48.4 Å². The number of anilines is 3. The molecule has 106 heavy (non-hydrogen) atoms. The van der Waals surface area contributed by atoms with Gasteiger partial charge in [0.15, 0.2) is 36.8 Å². The molecule has 4 aliphatic heterocycles. The summed E-state index contributed by atoms with van der Waals surface area (Å²) in [5.41, 5.74) is 0.703. The third kappa shape index (κ3) is 26.6. The van der Waals surface area contributed by atoms with Crippen LogP contribution in [0.25, 0.3) is 0 Å². The third-order valence-corrected chi connectivity index (χ3v) is 41.6. The monoisotopic (exact) mass is 1690 g/mol. The van der Waals surface area contributed by atoms with E-state index in [9.17, 15) is 60.5 Å². The Hall–Kier alpha value is -4.43. The number of ketones is 4. The molecule has 0 aromatic carbocycles. The first-order chi connectivity index (χ1) is 49.1. The van der Waals surface area contributed by atoms with E-state index in [0.717, 1.165) is 75.2 Å². The minimum atomic E-state index is -4.90. The van der Waals surface area contributed by atoms with Crippen molar-refractivity contribution in [1.29, 1.82) is 0 Å². The molecule has 1 unspecified atom stereocenters. The maximum Gasteiger partial charge on any atom is 0.422 e. The molecule has 4 spiro atoms. The molecule has 4 aromatic rings. The number of aromatic carboxylic acids is 1. The van der Waals surface area contributed by atoms with Gasteiger partial charge in [-0.05, 0) is 214 Å². The number of aromatic nitrogens is 4. The number of aliphatic hydroxyl groups is 1. The Morgan fingerprint density at radius 1 is 0.509 bits per heavy atom. The van der Waals surface area contributed by atoms with E-state index < -0.39 is 55.7 Å². The van der Waals surface area contributed by atoms with E-state index in [-0.39, 0.29) is 52.1 Å². The van der Waals surface area contributed by atoms with Gasteiger partial charge in [0.1, 0.15) is 44.2 Å². The first-order valence-electron chi connectivity index (χ1n) is 37.8. The van der Waals surface area contributed by atoms with Crippen molar-refractivity contribution in [1.82, 2.24) is 25.3 Å². The molecule has 1 atom stereocenters. The quantitative estimate of drug-likeness (QED) is 0.0346. The van der Waals surface area contributed by atoms with E-state index in [1.54, 1.807) is 66.0 Å². The summed E-state index contributed by atoms with van der Waals surface area (Å²) in [5.74, 6) is -3.81. The van der Waals surface area contributed by atoms with Gasteiger partial charge in [-0.15, -0.1) is 12.4 Å². The number of alkyl halides is 6. The second kappa shape index (κ2) is 39.7. The summed E-state index contributed by atoms with van der Waals surface area (Å²) in [4.78, 5) is 79.7. The SMILES string of the molecule is C1CC2(CCN1)CC2.C=[C](C)[Sn]([CH2]CCC)([CH2]CCC)[CH2]CCC.CC(=O)c1ccc(C(C)=O)c(N2CCC3(CC2)CC3)n1.CC(=O)c1ccc(Cl)nc1Cl.CC(=O)c1ccc(Cl)nc1N1CCC2(CC1)CC2.CC(O)(c1ccc(C(=O)O)c(N2CCC3(CC2)CC3)n1)C(F)(F)F.C[Si](C)(C)C(F)(F)F.Cl. The number of carbonyl (C=O) groups excluding carboxylic acids is 4. The standard InChI is InChI=1S/C16H19F3N2O3.C16H20N2O2.C14H17ClN2O.C7H5Cl2NO.C7H13N.C4H9F3Si.3C4H9.C3H5.ClH.Sn/c1-14(24,16(17,18)19)11-3-2-10(13(22)23)12(20-11)21-8-6-15(4-5-15)7-9-21;1-11(19)13-3-4-14(12(2)20)17-15(13)18-9-7-16(5-6-16)8-10-18;1-10(18)11-2-3-12(15)16-13(11)17-8-6-14(4-5-14)7-9-17;1-4(11)5-2-3-6(8)10-7(5)9;1-2-7(1)3-5-8-6-4-7;1-8(2,3)4(5,6)7;3*1-3-4-2;1-3-2;;/h2-3,24H,4-9H2,1H3,(H,22,23);3-4H,5-10H2,1-2H3;2-3H,4-9H2,1H3;2-3H,1H3;8H,1-6H2;1-3H3;3*1,3-4H2,2H3;1H2,2H3;1H;. The predicted molar refractivity (Wildman–Crippen MR) is 424 cm³/mol. The summed E-state index contributed by atoms with van der Waals surface area (Å²) in [5, 5.41) is 23.4. The number of hydrogen-bond acceptors (Lipinski definition) is 14. The van der Waals surface area contributed by atoms with E-state index in [1.807, 2.05) is 0 Å². The number of nitrogens with zero attached hydrogens (tertiary/aromatic N) is 7. The molecule has 3 N–H and O–H groups in total. The van der Waals surface area contributed by atoms with Crippen LogP contribution in [-0.2, 0) is 5.60 Å². The Kier molecular flexibility index (Phi) is 34.5. The zero-order chi connectivity index (χ0) is 78.2. The maximum absolute atomic E-state index is 13.0. The van der Waals surface area contributed by atoms with Gasteiger partial charge in [0, 0.05) is 46.2 Å². The zero-order valence-electron chi connectivity index (χ0n) is 64.5. The number of piperidine rings is 4. The number of carboxylic acids is 1. The molecule has 8 aliphatic rings. The first-order valence-corrected chi connectivity index (χ1v) is 49.9. The smallest absolute Gasteiger partial charge is 0.422 e. The van der Waals surface area contributed by atoms with Crippen molar-refractivity contribution in [3.05, 3.63) is 108 Å². The van der Waals surface area contributed by atoms with Crippen LogP contribution in [0.1, 0.15) is 261 Å². The van der Waals surface area contributed by atoms with Crippen molar-refractivity contribution < 1.29 is 60.5 Å². The van der Waals surface area contributed by atoms with Crippen LogP contribution in [0, 0.1) is 21.7 Å². The van der Waals surface area contributed by atoms with Crippen molar-refractivity contribution in [2.24, 2.45) is 21.7 Å². The second-order valence-corrected chi connectivity index (χ2v) is 52.3. The molecule has 27 heteroatoms. The Morgan fingerprint density at radius 3 is 1.14 bits per heavy atom. The number of nitrogens with one attached hydrogen (secondary N) is 1. The number of pyridine rings is 4. The molecule has 0 radical (unpaired) electrons. The Labute approximate surface area is 652 Å². The number of Topliss-reactive ketones (excluding diaryl/α,β-unsaturated/α-hetero) is 4. The first kappa shape index (κ1) is 92.2. The Balaban J connectivity index is 0.000000228. The fraction of sp³-hybridized carbons (Fsp3) is 0.658. The summed E-state index contributed by atoms with van der Waals surface area (Å²) in [6, 6.07) is 12.0. The molecule has 4 aliphatic carbocycles. The summed E-state index contributed by atoms with van der Waals surface area (Å²) in [6.45, 7) is 31.8. The average Bonchev–Trinajstić information content (AvgIpc) is 1.64. The minimum absolute atomic E-state index is 0. The molecular formula is C79H116Cl4F6N8O7SiSn. The normalized spacial score (nSPS) is 18.8. The van der Waals surface area contributed by atoms with Gasteiger partial charge in [-0.3, -0.25) is 19.2 Å². The molecule has 8 fully saturated rings. The van der Waals surface area contributed by atoms with Crippen LogP contribution in [0.15, 0.2) is 58.7 Å². The largest absolute Gasteiger partial charge is 0.478 e. The van der Waals surface area contributed by atoms with E-state index in [2.05, 4.69) is 69.3 Å². The van der Waals surface area contributed by atoms with Gasteiger partial charge >= 0.3 is 126 Å². The van der Waals surface area contributed by atoms with Crippen LogP contribution in [-0.4, -0.2) is 150 Å². The average molecular weight is 1690 g/mol. The summed E-state index contributed by atoms with van der Waals surface area (Å²) in [7, 11) is -2.86. The van der Waals surface area contributed by atoms with E-state index >= 15 is 0 Å². The fourth-order valence-corrected chi connectivity index (χ4v) is 29.1. The number of halogens is 10. The molecule has 4 saturated carbocycles. The zero-order valence-corrected chi connectivity index (χ0v) is 71.5. The number of rotatable bonds is 19. The van der Waals surface area contributed by atoms with Gasteiger partial charge in [-0.25, -0.2) is 24.7 Å². The molecule has 8 heterocycles. The number of allylic oxidation sites excluding steroid dienone is 1. The molecule has 0 bridgehead atoms. The number of unbranched alkanes of at least 4 members (excludes halogenated alkanes) is 3. The summed E-state index contributed by atoms with van der Waals surface area (Å²) in [6.07, 6.45) is 23.8. The maximum atomic E-state index is 13.0. The molecule has 0 amide bonds. The van der Waals surface area contributed by atoms with Crippen molar-refractivity contribution in [3.63, 3.8) is 0 Å². The van der Waals surface area contributed by atoms with Crippen LogP contribution < -0.4 is 20.0 Å². The van der Waals surface area contributed by atoms with Gasteiger partial charge in [0.25, 0.3) is 0 Å². The summed E-state index contributed by atoms with van der Waals surface area (Å²) < 4.78 is 80.4. The van der Waals surface area contributed by atoms with Crippen molar-refractivity contribution in [2.75, 3.05) is 67.1 Å². The molecule has 4 aromatic heterocycles. The van der Waals surface area contributed by atoms with Crippen LogP contribution in [0.3, 0.4) is 0 Å². The summed E-state index contributed by atoms with van der Waals surface area (Å²) >= 11 is 15.1. The number of carboxylic acid groups (broad SMARTS) is 1. The predicted octanol–water partition coefficient (Wildman–Crippen LogP) is 21.7. The van der Waals surface area contributed by atoms with Gasteiger partial charge in [-0.2, -0.15) is 26.3 Å². The van der Waals surface area contributed by atoms with Crippen LogP contribution in [0.4, 0.5) is 43.8 Å². The number of carbonyl (C=O) groups is 5. The molecule has 12 rings (SSSR count). The molecule has 592 valence electrons. The van der Waals surface area contributed by atoms with E-state index in [0.29, 0.717) is 74.8 Å². The third-order valence-electron chi connectivity index (χ3n) is 22.8. The van der Waals surface area contributed by atoms with Gasteiger partial charge in [0.2, 0.25) is 0 Å². The van der Waals surface area contributed by atoms with Gasteiger partial charge in [-0.1, -0.05) is 54.4 Å².